The minimum Gasteiger partial charge on any atom is -0.461 e. The number of methoxy groups -OCH3 is 1. The van der Waals surface area contributed by atoms with E-state index in [2.05, 4.69) is 60.0 Å². The van der Waals surface area contributed by atoms with Crippen LogP contribution in [0.1, 0.15) is 11.1 Å². The third kappa shape index (κ3) is 4.89. The average molecular weight is 477 g/mol. The summed E-state index contributed by atoms with van der Waals surface area (Å²) in [4.78, 5) is 15.6. The zero-order chi connectivity index (χ0) is 20.9. The Bertz CT molecular complexity index is 1010. The van der Waals surface area contributed by atoms with E-state index in [0.29, 0.717) is 35.7 Å². The van der Waals surface area contributed by atoms with E-state index < -0.39 is 0 Å². The van der Waals surface area contributed by atoms with Crippen molar-refractivity contribution in [3.8, 4) is 6.01 Å². The Kier molecular flexibility index (Phi) is 6.78. The molecule has 0 spiro atoms. The van der Waals surface area contributed by atoms with Crippen LogP contribution in [0.5, 0.6) is 6.01 Å². The molecular weight excluding hydrogens is 452 g/mol. The van der Waals surface area contributed by atoms with Crippen LogP contribution in [-0.2, 0) is 22.6 Å². The number of halogens is 1. The van der Waals surface area contributed by atoms with Gasteiger partial charge in [-0.05, 0) is 27.1 Å². The van der Waals surface area contributed by atoms with Gasteiger partial charge in [-0.15, -0.1) is 0 Å². The molecule has 1 aliphatic rings. The van der Waals surface area contributed by atoms with E-state index in [1.54, 1.807) is 7.11 Å². The van der Waals surface area contributed by atoms with Crippen LogP contribution < -0.4 is 10.5 Å². The lowest BCUT2D eigenvalue weighted by Gasteiger charge is -2.26. The van der Waals surface area contributed by atoms with Crippen molar-refractivity contribution in [2.45, 2.75) is 13.1 Å². The van der Waals surface area contributed by atoms with E-state index in [4.69, 9.17) is 19.9 Å². The van der Waals surface area contributed by atoms with Crippen LogP contribution in [0, 0.1) is 0 Å². The van der Waals surface area contributed by atoms with Crippen LogP contribution in [-0.4, -0.2) is 71.0 Å². The van der Waals surface area contributed by atoms with Gasteiger partial charge in [-0.25, -0.2) is 4.98 Å². The fraction of sp³-hybridized carbons (Fsp3) is 0.450. The first-order valence-electron chi connectivity index (χ1n) is 9.83. The molecule has 1 saturated heterocycles. The molecule has 30 heavy (non-hydrogen) atoms. The van der Waals surface area contributed by atoms with E-state index in [1.807, 2.05) is 4.57 Å². The number of nitrogens with zero attached hydrogens (tertiary/aromatic N) is 5. The van der Waals surface area contributed by atoms with Gasteiger partial charge < -0.3 is 19.9 Å². The Hall–Kier alpha value is -2.27. The van der Waals surface area contributed by atoms with Gasteiger partial charge >= 0.3 is 6.01 Å². The smallest absolute Gasteiger partial charge is 0.320 e. The summed E-state index contributed by atoms with van der Waals surface area (Å²) in [5.41, 5.74) is 9.69. The number of benzene rings is 1. The largest absolute Gasteiger partial charge is 0.461 e. The predicted octanol–water partition coefficient (Wildman–Crippen LogP) is 2.08. The Morgan fingerprint density at radius 1 is 1.10 bits per heavy atom. The molecule has 0 atom stereocenters. The predicted molar refractivity (Wildman–Crippen MR) is 116 cm³/mol. The molecule has 0 unspecified atom stereocenters. The molecule has 0 saturated carbocycles. The summed E-state index contributed by atoms with van der Waals surface area (Å²) in [5, 5.41) is 0. The number of hydrogen-bond acceptors (Lipinski definition) is 8. The summed E-state index contributed by atoms with van der Waals surface area (Å²) in [7, 11) is 1.61. The lowest BCUT2D eigenvalue weighted by molar-refractivity contribution is 0.0342. The van der Waals surface area contributed by atoms with E-state index in [0.717, 1.165) is 38.4 Å². The molecule has 3 heterocycles. The normalized spacial score (nSPS) is 15.0. The Morgan fingerprint density at radius 2 is 1.87 bits per heavy atom. The van der Waals surface area contributed by atoms with Crippen molar-refractivity contribution in [3.63, 3.8) is 0 Å². The number of anilines is 1. The summed E-state index contributed by atoms with van der Waals surface area (Å²) < 4.78 is 18.6. The maximum absolute atomic E-state index is 6.09. The van der Waals surface area contributed by atoms with Crippen molar-refractivity contribution in [3.05, 3.63) is 40.1 Å². The second-order valence-corrected chi connectivity index (χ2v) is 7.79. The fourth-order valence-electron chi connectivity index (χ4n) is 3.42. The number of nitrogens with two attached hydrogens (primary N) is 1. The van der Waals surface area contributed by atoms with Crippen LogP contribution in [0.4, 0.5) is 5.82 Å². The van der Waals surface area contributed by atoms with E-state index in [9.17, 15) is 0 Å². The number of hydrogen-bond donors (Lipinski definition) is 1. The molecule has 4 rings (SSSR count). The summed E-state index contributed by atoms with van der Waals surface area (Å²) in [6.45, 7) is 5.82. The monoisotopic (exact) mass is 476 g/mol. The van der Waals surface area contributed by atoms with Crippen LogP contribution >= 0.6 is 15.9 Å². The van der Waals surface area contributed by atoms with Crippen molar-refractivity contribution in [2.75, 3.05) is 52.4 Å². The Balaban J connectivity index is 1.57. The third-order valence-corrected chi connectivity index (χ3v) is 5.52. The molecule has 160 valence electrons. The van der Waals surface area contributed by atoms with E-state index >= 15 is 0 Å². The SMILES string of the molecule is COCCOc1nc(N)c2nc(Br)n(Cc3cccc(CN4CCOCC4)c3)c2n1. The second kappa shape index (κ2) is 9.69. The summed E-state index contributed by atoms with van der Waals surface area (Å²) in [6.07, 6.45) is 0. The van der Waals surface area contributed by atoms with Gasteiger partial charge in [0.05, 0.1) is 26.4 Å². The van der Waals surface area contributed by atoms with Crippen molar-refractivity contribution in [1.29, 1.82) is 0 Å². The first kappa shape index (κ1) is 21.0. The number of nitrogen functional groups attached to an aromatic ring is 1. The average Bonchev–Trinajstić information content (AvgIpc) is 3.05. The number of fused-ring (bicyclic) bond motifs is 1. The first-order valence-corrected chi connectivity index (χ1v) is 10.6. The number of aromatic nitrogens is 4. The topological polar surface area (TPSA) is 101 Å². The van der Waals surface area contributed by atoms with Gasteiger partial charge in [-0.3, -0.25) is 9.47 Å². The van der Waals surface area contributed by atoms with Crippen molar-refractivity contribution < 1.29 is 14.2 Å². The van der Waals surface area contributed by atoms with Crippen LogP contribution in [0.2, 0.25) is 0 Å². The molecule has 9 nitrogen and oxygen atoms in total. The molecule has 0 radical (unpaired) electrons. The minimum absolute atomic E-state index is 0.215. The molecule has 0 aliphatic carbocycles. The van der Waals surface area contributed by atoms with Crippen molar-refractivity contribution in [1.82, 2.24) is 24.4 Å². The molecular formula is C20H25BrN6O3. The number of imidazole rings is 1. The zero-order valence-corrected chi connectivity index (χ0v) is 18.5. The molecule has 2 N–H and O–H groups in total. The van der Waals surface area contributed by atoms with Gasteiger partial charge in [0, 0.05) is 26.7 Å². The van der Waals surface area contributed by atoms with Gasteiger partial charge in [0.15, 0.2) is 21.7 Å². The van der Waals surface area contributed by atoms with Crippen LogP contribution in [0.3, 0.4) is 0 Å². The van der Waals surface area contributed by atoms with E-state index in [1.165, 1.54) is 5.56 Å². The Labute approximate surface area is 183 Å². The van der Waals surface area contributed by atoms with Crippen molar-refractivity contribution >= 4 is 32.9 Å². The summed E-state index contributed by atoms with van der Waals surface area (Å²) in [5.74, 6) is 0.285. The van der Waals surface area contributed by atoms with Crippen molar-refractivity contribution in [2.24, 2.45) is 0 Å². The molecule has 1 fully saturated rings. The fourth-order valence-corrected chi connectivity index (χ4v) is 3.89. The summed E-state index contributed by atoms with van der Waals surface area (Å²) >= 11 is 3.53. The second-order valence-electron chi connectivity index (χ2n) is 7.08. The van der Waals surface area contributed by atoms with Gasteiger partial charge in [-0.1, -0.05) is 24.3 Å². The lowest BCUT2D eigenvalue weighted by atomic mass is 10.1. The zero-order valence-electron chi connectivity index (χ0n) is 16.9. The lowest BCUT2D eigenvalue weighted by Crippen LogP contribution is -2.35. The van der Waals surface area contributed by atoms with Gasteiger partial charge in [0.25, 0.3) is 0 Å². The van der Waals surface area contributed by atoms with Gasteiger partial charge in [0.2, 0.25) is 0 Å². The highest BCUT2D eigenvalue weighted by Gasteiger charge is 2.17. The number of morpholine rings is 1. The third-order valence-electron chi connectivity index (χ3n) is 4.92. The molecule has 1 aliphatic heterocycles. The quantitative estimate of drug-likeness (QED) is 0.389. The highest BCUT2D eigenvalue weighted by Crippen LogP contribution is 2.25. The maximum atomic E-state index is 6.09. The first-order chi connectivity index (χ1) is 14.6. The number of rotatable bonds is 8. The van der Waals surface area contributed by atoms with Crippen LogP contribution in [0.25, 0.3) is 11.2 Å². The molecule has 2 aromatic heterocycles. The number of ether oxygens (including phenoxy) is 3. The minimum atomic E-state index is 0.215. The van der Waals surface area contributed by atoms with Gasteiger partial charge in [0.1, 0.15) is 6.61 Å². The molecule has 0 amide bonds. The van der Waals surface area contributed by atoms with E-state index in [-0.39, 0.29) is 11.8 Å². The highest BCUT2D eigenvalue weighted by molar-refractivity contribution is 9.10. The van der Waals surface area contributed by atoms with Crippen LogP contribution in [0.15, 0.2) is 29.0 Å². The molecule has 1 aromatic carbocycles. The molecule has 10 heteroatoms. The standard InChI is InChI=1S/C20H25BrN6O3/c1-28-9-10-30-20-24-17(22)16-18(25-20)27(19(21)23-16)13-15-4-2-3-14(11-15)12-26-5-7-29-8-6-26/h2-4,11H,5-10,12-13H2,1H3,(H2,22,24,25). The molecule has 0 bridgehead atoms. The van der Waals surface area contributed by atoms with Gasteiger partial charge in [-0.2, -0.15) is 9.97 Å². The summed E-state index contributed by atoms with van der Waals surface area (Å²) in [6, 6.07) is 8.77. The maximum Gasteiger partial charge on any atom is 0.320 e. The molecule has 3 aromatic rings. The highest BCUT2D eigenvalue weighted by atomic mass is 79.9. The Morgan fingerprint density at radius 3 is 2.63 bits per heavy atom.